The minimum atomic E-state index is -0.734. The van der Waals surface area contributed by atoms with Gasteiger partial charge < -0.3 is 15.7 Å². The number of urea groups is 1. The number of aliphatic carboxylic acids is 1. The number of hydrogen-bond acceptors (Lipinski definition) is 3. The van der Waals surface area contributed by atoms with Crippen molar-refractivity contribution in [3.05, 3.63) is 11.9 Å². The van der Waals surface area contributed by atoms with Crippen molar-refractivity contribution >= 4 is 17.7 Å². The summed E-state index contributed by atoms with van der Waals surface area (Å²) < 4.78 is 1.96. The fourth-order valence-electron chi connectivity index (χ4n) is 3.42. The zero-order valence-electron chi connectivity index (χ0n) is 15.6. The van der Waals surface area contributed by atoms with Crippen LogP contribution in [0.5, 0.6) is 0 Å². The van der Waals surface area contributed by atoms with Crippen LogP contribution >= 0.6 is 0 Å². The second kappa shape index (κ2) is 8.36. The molecule has 1 saturated carbocycles. The monoisotopic (exact) mass is 350 g/mol. The summed E-state index contributed by atoms with van der Waals surface area (Å²) in [5.74, 6) is -0.281. The van der Waals surface area contributed by atoms with E-state index in [9.17, 15) is 9.59 Å². The maximum atomic E-state index is 12.3. The maximum absolute atomic E-state index is 12.3. The van der Waals surface area contributed by atoms with Crippen molar-refractivity contribution in [1.29, 1.82) is 0 Å². The van der Waals surface area contributed by atoms with Gasteiger partial charge in [0, 0.05) is 12.6 Å². The third kappa shape index (κ3) is 5.21. The molecule has 140 valence electrons. The van der Waals surface area contributed by atoms with E-state index in [0.29, 0.717) is 31.6 Å². The van der Waals surface area contributed by atoms with Crippen molar-refractivity contribution in [2.24, 2.45) is 11.8 Å². The molecule has 0 radical (unpaired) electrons. The van der Waals surface area contributed by atoms with Gasteiger partial charge in [-0.15, -0.1) is 0 Å². The van der Waals surface area contributed by atoms with Crippen molar-refractivity contribution in [3.63, 3.8) is 0 Å². The third-order valence-electron chi connectivity index (χ3n) is 4.63. The van der Waals surface area contributed by atoms with Gasteiger partial charge in [-0.3, -0.25) is 9.48 Å². The van der Waals surface area contributed by atoms with Crippen molar-refractivity contribution < 1.29 is 14.7 Å². The van der Waals surface area contributed by atoms with Gasteiger partial charge in [0.2, 0.25) is 0 Å². The van der Waals surface area contributed by atoms with Gasteiger partial charge in [-0.1, -0.05) is 27.7 Å². The highest BCUT2D eigenvalue weighted by atomic mass is 16.4. The van der Waals surface area contributed by atoms with E-state index in [0.717, 1.165) is 17.9 Å². The number of rotatable bonds is 6. The molecule has 1 aliphatic rings. The first-order chi connectivity index (χ1) is 11.8. The molecule has 7 heteroatoms. The lowest BCUT2D eigenvalue weighted by Gasteiger charge is -2.26. The number of carbonyl (C=O) groups excluding carboxylic acids is 1. The van der Waals surface area contributed by atoms with Crippen molar-refractivity contribution in [3.8, 4) is 0 Å². The van der Waals surface area contributed by atoms with Gasteiger partial charge in [-0.2, -0.15) is 5.10 Å². The quantitative estimate of drug-likeness (QED) is 0.732. The Morgan fingerprint density at radius 3 is 2.40 bits per heavy atom. The van der Waals surface area contributed by atoms with Crippen LogP contribution < -0.4 is 10.6 Å². The molecule has 0 spiro atoms. The predicted octanol–water partition coefficient (Wildman–Crippen LogP) is 3.43. The number of hydrogen-bond donors (Lipinski definition) is 3. The maximum Gasteiger partial charge on any atom is 0.319 e. The zero-order valence-corrected chi connectivity index (χ0v) is 15.6. The molecule has 0 aromatic carbocycles. The molecule has 0 saturated heterocycles. The summed E-state index contributed by atoms with van der Waals surface area (Å²) in [6, 6.07) is -0.214. The van der Waals surface area contributed by atoms with Gasteiger partial charge >= 0.3 is 12.0 Å². The smallest absolute Gasteiger partial charge is 0.319 e. The number of carboxylic acids is 1. The van der Waals surface area contributed by atoms with Crippen LogP contribution in [-0.2, 0) is 11.3 Å². The summed E-state index contributed by atoms with van der Waals surface area (Å²) in [6.07, 6.45) is 4.34. The molecule has 0 aliphatic heterocycles. The second-order valence-corrected chi connectivity index (χ2v) is 7.66. The summed E-state index contributed by atoms with van der Waals surface area (Å²) in [5.41, 5.74) is 1.77. The lowest BCUT2D eigenvalue weighted by Crippen LogP contribution is -2.41. The molecule has 3 N–H and O–H groups in total. The van der Waals surface area contributed by atoms with E-state index in [2.05, 4.69) is 43.4 Å². The van der Waals surface area contributed by atoms with Crippen LogP contribution in [0.25, 0.3) is 0 Å². The summed E-state index contributed by atoms with van der Waals surface area (Å²) >= 11 is 0. The van der Waals surface area contributed by atoms with Crippen LogP contribution in [-0.4, -0.2) is 32.9 Å². The SMILES string of the molecule is CC(C)Cn1ncc(NC(=O)NC2CCC(C(=O)O)CC2)c1C(C)C. The number of nitrogens with one attached hydrogen (secondary N) is 2. The number of carbonyl (C=O) groups is 2. The molecule has 2 rings (SSSR count). The molecule has 0 unspecified atom stereocenters. The van der Waals surface area contributed by atoms with Gasteiger partial charge in [0.25, 0.3) is 0 Å². The average Bonchev–Trinajstić information content (AvgIpc) is 2.89. The molecule has 1 aliphatic carbocycles. The van der Waals surface area contributed by atoms with Crippen molar-refractivity contribution in [2.45, 2.75) is 71.9 Å². The van der Waals surface area contributed by atoms with E-state index >= 15 is 0 Å². The van der Waals surface area contributed by atoms with Crippen LogP contribution in [0.2, 0.25) is 0 Å². The zero-order chi connectivity index (χ0) is 18.6. The average molecular weight is 350 g/mol. The lowest BCUT2D eigenvalue weighted by molar-refractivity contribution is -0.142. The van der Waals surface area contributed by atoms with Crippen molar-refractivity contribution in [2.75, 3.05) is 5.32 Å². The first-order valence-corrected chi connectivity index (χ1v) is 9.14. The predicted molar refractivity (Wildman–Crippen MR) is 96.7 cm³/mol. The second-order valence-electron chi connectivity index (χ2n) is 7.66. The number of carboxylic acid groups (broad SMARTS) is 1. The minimum Gasteiger partial charge on any atom is -0.481 e. The highest BCUT2D eigenvalue weighted by Gasteiger charge is 2.27. The Morgan fingerprint density at radius 1 is 1.24 bits per heavy atom. The normalized spacial score (nSPS) is 20.7. The lowest BCUT2D eigenvalue weighted by atomic mass is 9.86. The van der Waals surface area contributed by atoms with Gasteiger partial charge in [0.05, 0.1) is 23.5 Å². The van der Waals surface area contributed by atoms with Crippen LogP contribution in [0.15, 0.2) is 6.20 Å². The molecule has 1 aromatic heterocycles. The number of aromatic nitrogens is 2. The topological polar surface area (TPSA) is 96.3 Å². The summed E-state index contributed by atoms with van der Waals surface area (Å²) in [4.78, 5) is 23.3. The van der Waals surface area contributed by atoms with Crippen LogP contribution in [0.1, 0.15) is 65.0 Å². The molecule has 1 fully saturated rings. The van der Waals surface area contributed by atoms with Crippen LogP contribution in [0.4, 0.5) is 10.5 Å². The van der Waals surface area contributed by atoms with E-state index in [4.69, 9.17) is 5.11 Å². The fourth-order valence-corrected chi connectivity index (χ4v) is 3.42. The molecule has 0 atom stereocenters. The van der Waals surface area contributed by atoms with E-state index in [1.165, 1.54) is 0 Å². The number of amides is 2. The Morgan fingerprint density at radius 2 is 1.88 bits per heavy atom. The van der Waals surface area contributed by atoms with Gasteiger partial charge in [0.15, 0.2) is 0 Å². The van der Waals surface area contributed by atoms with E-state index in [1.807, 2.05) is 4.68 Å². The van der Waals surface area contributed by atoms with Gasteiger partial charge in [0.1, 0.15) is 0 Å². The molecule has 1 aromatic rings. The molecule has 0 bridgehead atoms. The van der Waals surface area contributed by atoms with Gasteiger partial charge in [-0.05, 0) is 37.5 Å². The van der Waals surface area contributed by atoms with Crippen LogP contribution in [0.3, 0.4) is 0 Å². The number of nitrogens with zero attached hydrogens (tertiary/aromatic N) is 2. The Kier molecular flexibility index (Phi) is 6.45. The molecule has 7 nitrogen and oxygen atoms in total. The van der Waals surface area contributed by atoms with E-state index in [1.54, 1.807) is 6.20 Å². The largest absolute Gasteiger partial charge is 0.481 e. The molecule has 2 amide bonds. The Balaban J connectivity index is 1.94. The molecule has 25 heavy (non-hydrogen) atoms. The summed E-state index contributed by atoms with van der Waals surface area (Å²) in [6.45, 7) is 9.27. The minimum absolute atomic E-state index is 0.0313. The third-order valence-corrected chi connectivity index (χ3v) is 4.63. The highest BCUT2D eigenvalue weighted by Crippen LogP contribution is 2.26. The first kappa shape index (κ1) is 19.3. The Labute approximate surface area is 149 Å². The van der Waals surface area contributed by atoms with Crippen LogP contribution in [0, 0.1) is 11.8 Å². The fraction of sp³-hybridized carbons (Fsp3) is 0.722. The Bertz CT molecular complexity index is 601. The van der Waals surface area contributed by atoms with E-state index in [-0.39, 0.29) is 23.9 Å². The van der Waals surface area contributed by atoms with Crippen molar-refractivity contribution in [1.82, 2.24) is 15.1 Å². The first-order valence-electron chi connectivity index (χ1n) is 9.14. The number of anilines is 1. The molecule has 1 heterocycles. The molecular weight excluding hydrogens is 320 g/mol. The summed E-state index contributed by atoms with van der Waals surface area (Å²) in [5, 5.41) is 19.3. The Hall–Kier alpha value is -2.05. The molecular formula is C18H30N4O3. The standard InChI is InChI=1S/C18H30N4O3/c1-11(2)10-22-16(12(3)4)15(9-19-22)21-18(25)20-14-7-5-13(6-8-14)17(23)24/h9,11-14H,5-8,10H2,1-4H3,(H,23,24)(H2,20,21,25). The highest BCUT2D eigenvalue weighted by molar-refractivity contribution is 5.90. The summed E-state index contributed by atoms with van der Waals surface area (Å²) in [7, 11) is 0. The van der Waals surface area contributed by atoms with E-state index < -0.39 is 5.97 Å². The van der Waals surface area contributed by atoms with Gasteiger partial charge in [-0.25, -0.2) is 4.79 Å².